The van der Waals surface area contributed by atoms with Gasteiger partial charge in [-0.05, 0) is 39.3 Å². The maximum absolute atomic E-state index is 12.1. The predicted molar refractivity (Wildman–Crippen MR) is 133 cm³/mol. The maximum Gasteiger partial charge on any atom is 0.335 e. The van der Waals surface area contributed by atoms with Gasteiger partial charge in [-0.25, -0.2) is 0 Å². The third-order valence-electron chi connectivity index (χ3n) is 6.13. The van der Waals surface area contributed by atoms with Gasteiger partial charge in [-0.3, -0.25) is 4.39 Å². The van der Waals surface area contributed by atoms with Crippen molar-refractivity contribution >= 4 is 8.56 Å². The van der Waals surface area contributed by atoms with Crippen molar-refractivity contribution in [1.82, 2.24) is 0 Å². The zero-order valence-electron chi connectivity index (χ0n) is 21.1. The number of halogens is 1. The summed E-state index contributed by atoms with van der Waals surface area (Å²) in [4.78, 5) is 0. The van der Waals surface area contributed by atoms with E-state index >= 15 is 0 Å². The van der Waals surface area contributed by atoms with Gasteiger partial charge in [0.1, 0.15) is 0 Å². The number of hydrogen-bond acceptors (Lipinski definition) is 2. The van der Waals surface area contributed by atoms with Crippen LogP contribution in [-0.4, -0.2) is 27.9 Å². The van der Waals surface area contributed by atoms with Gasteiger partial charge in [-0.1, -0.05) is 110 Å². The Morgan fingerprint density at radius 3 is 1.63 bits per heavy atom. The lowest BCUT2D eigenvalue weighted by Gasteiger charge is -2.30. The Kier molecular flexibility index (Phi) is 22.3. The molecule has 0 aliphatic rings. The number of rotatable bonds is 24. The van der Waals surface area contributed by atoms with Gasteiger partial charge in [0.25, 0.3) is 0 Å². The molecule has 0 saturated heterocycles. The molecule has 0 spiro atoms. The van der Waals surface area contributed by atoms with Gasteiger partial charge >= 0.3 is 8.56 Å². The van der Waals surface area contributed by atoms with E-state index in [0.29, 0.717) is 6.10 Å². The van der Waals surface area contributed by atoms with E-state index in [1.54, 1.807) is 0 Å². The van der Waals surface area contributed by atoms with E-state index in [1.807, 2.05) is 0 Å². The van der Waals surface area contributed by atoms with E-state index in [0.717, 1.165) is 38.3 Å². The molecule has 0 radical (unpaired) electrons. The Morgan fingerprint density at radius 1 is 0.667 bits per heavy atom. The lowest BCUT2D eigenvalue weighted by atomic mass is 10.0. The molecule has 0 aromatic carbocycles. The van der Waals surface area contributed by atoms with Crippen molar-refractivity contribution in [2.45, 2.75) is 155 Å². The number of alkyl halides is 1. The highest BCUT2D eigenvalue weighted by molar-refractivity contribution is 6.66. The molecule has 0 amide bonds. The van der Waals surface area contributed by atoms with E-state index in [9.17, 15) is 4.39 Å². The molecule has 0 N–H and O–H groups in total. The second-order valence-corrected chi connectivity index (χ2v) is 12.7. The van der Waals surface area contributed by atoms with Crippen LogP contribution in [0.3, 0.4) is 0 Å². The first-order chi connectivity index (χ1) is 14.6. The van der Waals surface area contributed by atoms with Crippen molar-refractivity contribution in [3.05, 3.63) is 0 Å². The molecule has 0 aromatic rings. The fourth-order valence-electron chi connectivity index (χ4n) is 4.30. The van der Waals surface area contributed by atoms with Crippen LogP contribution in [0.25, 0.3) is 0 Å². The van der Waals surface area contributed by atoms with Crippen LogP contribution in [0.15, 0.2) is 0 Å². The Hall–Kier alpha value is 0.0669. The smallest absolute Gasteiger partial charge is 0.335 e. The Labute approximate surface area is 190 Å². The largest absolute Gasteiger partial charge is 0.395 e. The Balaban J connectivity index is 3.74. The highest BCUT2D eigenvalue weighted by Gasteiger charge is 2.32. The Morgan fingerprint density at radius 2 is 1.13 bits per heavy atom. The normalized spacial score (nSPS) is 14.7. The molecule has 0 saturated carbocycles. The predicted octanol–water partition coefficient (Wildman–Crippen LogP) is 9.51. The van der Waals surface area contributed by atoms with Crippen LogP contribution >= 0.6 is 0 Å². The fourth-order valence-corrected chi connectivity index (χ4v) is 7.10. The van der Waals surface area contributed by atoms with Crippen LogP contribution in [-0.2, 0) is 8.85 Å². The number of hydrogen-bond donors (Lipinski definition) is 0. The quantitative estimate of drug-likeness (QED) is 0.108. The summed E-state index contributed by atoms with van der Waals surface area (Å²) in [6.07, 6.45) is 23.3. The van der Waals surface area contributed by atoms with Gasteiger partial charge in [-0.2, -0.15) is 0 Å². The molecule has 0 fully saturated rings. The van der Waals surface area contributed by atoms with Crippen LogP contribution in [0.4, 0.5) is 4.39 Å². The van der Waals surface area contributed by atoms with Crippen LogP contribution in [0.5, 0.6) is 0 Å². The minimum Gasteiger partial charge on any atom is -0.395 e. The lowest BCUT2D eigenvalue weighted by Crippen LogP contribution is -2.41. The molecular formula is C26H55FO2Si. The SMILES string of the molecule is CCCCCCCCCCCCCC(C)O[Si](C)(CCCCCCCCF)OCC. The van der Waals surface area contributed by atoms with Gasteiger partial charge < -0.3 is 8.85 Å². The first-order valence-corrected chi connectivity index (χ1v) is 16.0. The summed E-state index contributed by atoms with van der Waals surface area (Å²) < 4.78 is 24.7. The van der Waals surface area contributed by atoms with Crippen molar-refractivity contribution in [1.29, 1.82) is 0 Å². The molecule has 4 heteroatoms. The topological polar surface area (TPSA) is 18.5 Å². The average molecular weight is 447 g/mol. The van der Waals surface area contributed by atoms with Crippen LogP contribution in [0.1, 0.15) is 136 Å². The standard InChI is InChI=1S/C26H55FO2Si/c1-5-7-8-9-10-11-12-13-14-17-20-23-26(3)29-30(4,28-6-2)25-22-19-16-15-18-21-24-27/h26H,5-25H2,1-4H3. The second-order valence-electron chi connectivity index (χ2n) is 9.38. The molecule has 2 atom stereocenters. The first kappa shape index (κ1) is 30.1. The van der Waals surface area contributed by atoms with Crippen molar-refractivity contribution in [3.8, 4) is 0 Å². The second kappa shape index (κ2) is 22.3. The minimum atomic E-state index is -2.05. The summed E-state index contributed by atoms with van der Waals surface area (Å²) in [6, 6.07) is 1.09. The van der Waals surface area contributed by atoms with E-state index in [-0.39, 0.29) is 6.67 Å². The van der Waals surface area contributed by atoms with Gasteiger partial charge in [0.2, 0.25) is 0 Å². The van der Waals surface area contributed by atoms with E-state index in [2.05, 4.69) is 27.3 Å². The molecule has 0 bridgehead atoms. The zero-order valence-corrected chi connectivity index (χ0v) is 22.1. The van der Waals surface area contributed by atoms with Crippen LogP contribution < -0.4 is 0 Å². The number of unbranched alkanes of at least 4 members (excludes halogenated alkanes) is 15. The lowest BCUT2D eigenvalue weighted by molar-refractivity contribution is 0.122. The van der Waals surface area contributed by atoms with Gasteiger partial charge in [0.15, 0.2) is 0 Å². The van der Waals surface area contributed by atoms with Gasteiger partial charge in [0.05, 0.1) is 6.67 Å². The summed E-state index contributed by atoms with van der Waals surface area (Å²) in [5, 5.41) is 0. The van der Waals surface area contributed by atoms with E-state index in [4.69, 9.17) is 8.85 Å². The summed E-state index contributed by atoms with van der Waals surface area (Å²) in [7, 11) is -2.05. The summed E-state index contributed by atoms with van der Waals surface area (Å²) >= 11 is 0. The molecule has 0 rings (SSSR count). The highest BCUT2D eigenvalue weighted by Crippen LogP contribution is 2.23. The molecule has 0 aliphatic carbocycles. The third-order valence-corrected chi connectivity index (χ3v) is 9.19. The van der Waals surface area contributed by atoms with E-state index < -0.39 is 8.56 Å². The Bertz CT molecular complexity index is 343. The summed E-state index contributed by atoms with van der Waals surface area (Å²) in [5.74, 6) is 0. The molecule has 0 heterocycles. The van der Waals surface area contributed by atoms with Crippen molar-refractivity contribution < 1.29 is 13.2 Å². The summed E-state index contributed by atoms with van der Waals surface area (Å²) in [6.45, 7) is 9.44. The van der Waals surface area contributed by atoms with Crippen molar-refractivity contribution in [2.75, 3.05) is 13.3 Å². The molecule has 30 heavy (non-hydrogen) atoms. The molecule has 2 unspecified atom stereocenters. The monoisotopic (exact) mass is 446 g/mol. The molecule has 182 valence electrons. The molecule has 0 aromatic heterocycles. The maximum atomic E-state index is 12.1. The molecular weight excluding hydrogens is 391 g/mol. The average Bonchev–Trinajstić information content (AvgIpc) is 2.71. The zero-order chi connectivity index (χ0) is 22.3. The molecule has 0 aliphatic heterocycles. The third kappa shape index (κ3) is 20.0. The van der Waals surface area contributed by atoms with Gasteiger partial charge in [0, 0.05) is 12.7 Å². The fraction of sp³-hybridized carbons (Fsp3) is 1.00. The van der Waals surface area contributed by atoms with Crippen molar-refractivity contribution in [2.24, 2.45) is 0 Å². The van der Waals surface area contributed by atoms with Crippen LogP contribution in [0.2, 0.25) is 12.6 Å². The first-order valence-electron chi connectivity index (χ1n) is 13.5. The van der Waals surface area contributed by atoms with Crippen LogP contribution in [0, 0.1) is 0 Å². The minimum absolute atomic E-state index is 0.166. The van der Waals surface area contributed by atoms with E-state index in [1.165, 1.54) is 89.9 Å². The van der Waals surface area contributed by atoms with Crippen molar-refractivity contribution in [3.63, 3.8) is 0 Å². The summed E-state index contributed by atoms with van der Waals surface area (Å²) in [5.41, 5.74) is 0. The van der Waals surface area contributed by atoms with Gasteiger partial charge in [-0.15, -0.1) is 0 Å². The molecule has 2 nitrogen and oxygen atoms in total. The highest BCUT2D eigenvalue weighted by atomic mass is 28.4.